The van der Waals surface area contributed by atoms with Gasteiger partial charge in [0.1, 0.15) is 11.5 Å². The quantitative estimate of drug-likeness (QED) is 0.586. The minimum atomic E-state index is 0.644. The molecule has 1 unspecified atom stereocenters. The van der Waals surface area contributed by atoms with Gasteiger partial charge in [-0.05, 0) is 43.9 Å². The van der Waals surface area contributed by atoms with Gasteiger partial charge in [0.05, 0.1) is 13.7 Å². The molecule has 1 atom stereocenters. The Balaban J connectivity index is 2.83. The third-order valence-electron chi connectivity index (χ3n) is 3.89. The highest BCUT2D eigenvalue weighted by Crippen LogP contribution is 2.30. The maximum atomic E-state index is 6.11. The Morgan fingerprint density at radius 2 is 1.95 bits per heavy atom. The van der Waals surface area contributed by atoms with E-state index in [4.69, 9.17) is 9.47 Å². The lowest BCUT2D eigenvalue weighted by molar-refractivity contribution is 0.232. The molecule has 1 rings (SSSR count). The molecule has 2 heteroatoms. The summed E-state index contributed by atoms with van der Waals surface area (Å²) in [5, 5.41) is 0. The lowest BCUT2D eigenvalue weighted by Crippen LogP contribution is -2.12. The van der Waals surface area contributed by atoms with Crippen molar-refractivity contribution in [1.82, 2.24) is 0 Å². The second-order valence-electron chi connectivity index (χ2n) is 5.59. The van der Waals surface area contributed by atoms with Crippen LogP contribution in [0.2, 0.25) is 0 Å². The van der Waals surface area contributed by atoms with Crippen molar-refractivity contribution in [3.8, 4) is 11.5 Å². The van der Waals surface area contributed by atoms with E-state index in [2.05, 4.69) is 39.0 Å². The van der Waals surface area contributed by atoms with Crippen LogP contribution in [0.4, 0.5) is 0 Å². The van der Waals surface area contributed by atoms with E-state index >= 15 is 0 Å². The molecule has 0 saturated carbocycles. The van der Waals surface area contributed by atoms with E-state index in [0.717, 1.165) is 29.2 Å². The molecule has 0 N–H and O–H groups in total. The van der Waals surface area contributed by atoms with Crippen molar-refractivity contribution in [3.63, 3.8) is 0 Å². The van der Waals surface area contributed by atoms with Crippen molar-refractivity contribution in [2.24, 2.45) is 5.92 Å². The van der Waals surface area contributed by atoms with Crippen molar-refractivity contribution >= 4 is 6.08 Å². The molecule has 0 amide bonds. The van der Waals surface area contributed by atoms with Crippen LogP contribution < -0.4 is 9.47 Å². The van der Waals surface area contributed by atoms with Crippen LogP contribution in [0.5, 0.6) is 11.5 Å². The molecule has 118 valence electrons. The van der Waals surface area contributed by atoms with Crippen molar-refractivity contribution in [2.45, 2.75) is 53.4 Å². The fourth-order valence-electron chi connectivity index (χ4n) is 2.44. The van der Waals surface area contributed by atoms with Crippen molar-refractivity contribution < 1.29 is 9.47 Å². The number of rotatable bonds is 9. The van der Waals surface area contributed by atoms with Gasteiger partial charge in [0.2, 0.25) is 0 Å². The van der Waals surface area contributed by atoms with Crippen LogP contribution in [-0.2, 0) is 0 Å². The van der Waals surface area contributed by atoms with Crippen LogP contribution in [0.3, 0.4) is 0 Å². The Morgan fingerprint density at radius 3 is 2.52 bits per heavy atom. The zero-order chi connectivity index (χ0) is 15.7. The molecule has 0 aliphatic heterocycles. The largest absolute Gasteiger partial charge is 0.496 e. The molecular weight excluding hydrogens is 260 g/mol. The summed E-state index contributed by atoms with van der Waals surface area (Å²) >= 11 is 0. The number of hydrogen-bond acceptors (Lipinski definition) is 2. The number of benzene rings is 1. The molecule has 0 heterocycles. The van der Waals surface area contributed by atoms with Crippen LogP contribution in [0.1, 0.15) is 57.6 Å². The molecule has 0 aliphatic rings. The van der Waals surface area contributed by atoms with Crippen molar-refractivity contribution in [1.29, 1.82) is 0 Å². The fraction of sp³-hybridized carbons (Fsp3) is 0.579. The maximum absolute atomic E-state index is 6.11. The van der Waals surface area contributed by atoms with Gasteiger partial charge in [0.25, 0.3) is 0 Å². The van der Waals surface area contributed by atoms with E-state index in [9.17, 15) is 0 Å². The van der Waals surface area contributed by atoms with Crippen molar-refractivity contribution in [3.05, 3.63) is 29.3 Å². The highest BCUT2D eigenvalue weighted by Gasteiger charge is 2.11. The smallest absolute Gasteiger partial charge is 0.127 e. The van der Waals surface area contributed by atoms with Crippen LogP contribution in [0.15, 0.2) is 18.2 Å². The van der Waals surface area contributed by atoms with E-state index in [1.807, 2.05) is 13.0 Å². The summed E-state index contributed by atoms with van der Waals surface area (Å²) < 4.78 is 11.5. The lowest BCUT2D eigenvalue weighted by atomic mass is 10.0. The summed E-state index contributed by atoms with van der Waals surface area (Å²) in [6.45, 7) is 9.36. The lowest BCUT2D eigenvalue weighted by Gasteiger charge is -2.18. The van der Waals surface area contributed by atoms with E-state index in [-0.39, 0.29) is 0 Å². The van der Waals surface area contributed by atoms with Crippen LogP contribution in [-0.4, -0.2) is 13.7 Å². The third-order valence-corrected chi connectivity index (χ3v) is 3.89. The first-order valence-corrected chi connectivity index (χ1v) is 8.10. The summed E-state index contributed by atoms with van der Waals surface area (Å²) in [4.78, 5) is 0. The second kappa shape index (κ2) is 9.49. The van der Waals surface area contributed by atoms with Gasteiger partial charge >= 0.3 is 0 Å². The van der Waals surface area contributed by atoms with Gasteiger partial charge in [0.15, 0.2) is 0 Å². The summed E-state index contributed by atoms with van der Waals surface area (Å²) in [5.74, 6) is 2.51. The number of methoxy groups -OCH3 is 1. The van der Waals surface area contributed by atoms with Gasteiger partial charge in [-0.25, -0.2) is 0 Å². The number of aryl methyl sites for hydroxylation is 1. The zero-order valence-electron chi connectivity index (χ0n) is 14.2. The van der Waals surface area contributed by atoms with Gasteiger partial charge in [-0.1, -0.05) is 45.3 Å². The number of ether oxygens (including phenoxy) is 2. The van der Waals surface area contributed by atoms with Gasteiger partial charge in [-0.15, -0.1) is 0 Å². The monoisotopic (exact) mass is 290 g/mol. The molecule has 0 aromatic heterocycles. The Morgan fingerprint density at radius 1 is 1.19 bits per heavy atom. The third kappa shape index (κ3) is 5.45. The second-order valence-corrected chi connectivity index (χ2v) is 5.59. The fourth-order valence-corrected chi connectivity index (χ4v) is 2.44. The Hall–Kier alpha value is -1.44. The Kier molecular flexibility index (Phi) is 7.96. The summed E-state index contributed by atoms with van der Waals surface area (Å²) in [5.41, 5.74) is 2.20. The van der Waals surface area contributed by atoms with Crippen LogP contribution in [0.25, 0.3) is 6.08 Å². The maximum Gasteiger partial charge on any atom is 0.127 e. The molecule has 0 aliphatic carbocycles. The highest BCUT2D eigenvalue weighted by atomic mass is 16.5. The number of unbranched alkanes of at least 4 members (excludes halogenated alkanes) is 1. The molecular formula is C19H30O2. The van der Waals surface area contributed by atoms with Gasteiger partial charge in [-0.2, -0.15) is 0 Å². The topological polar surface area (TPSA) is 18.5 Å². The average molecular weight is 290 g/mol. The molecule has 0 fully saturated rings. The Bertz CT molecular complexity index is 449. The minimum absolute atomic E-state index is 0.644. The van der Waals surface area contributed by atoms with E-state index in [1.165, 1.54) is 25.7 Å². The molecule has 0 spiro atoms. The molecule has 2 nitrogen and oxygen atoms in total. The molecule has 0 bridgehead atoms. The standard InChI is InChI=1S/C19H30O2/c1-6-9-11-16(8-3)14-21-19-12-15(4)18(20-5)13-17(19)10-7-2/h7,10,12-13,16H,6,8-9,11,14H2,1-5H3. The molecule has 0 saturated heterocycles. The molecule has 1 aromatic carbocycles. The van der Waals surface area contributed by atoms with Crippen LogP contribution in [0, 0.1) is 12.8 Å². The van der Waals surface area contributed by atoms with Crippen molar-refractivity contribution in [2.75, 3.05) is 13.7 Å². The minimum Gasteiger partial charge on any atom is -0.496 e. The first-order chi connectivity index (χ1) is 10.2. The predicted octanol–water partition coefficient (Wildman–Crippen LogP) is 5.63. The number of allylic oxidation sites excluding steroid dienone is 1. The van der Waals surface area contributed by atoms with E-state index < -0.39 is 0 Å². The first kappa shape index (κ1) is 17.6. The average Bonchev–Trinajstić information content (AvgIpc) is 2.49. The van der Waals surface area contributed by atoms with Crippen LogP contribution >= 0.6 is 0 Å². The normalized spacial score (nSPS) is 12.6. The molecule has 0 radical (unpaired) electrons. The Labute approximate surface area is 130 Å². The summed E-state index contributed by atoms with van der Waals surface area (Å²) in [7, 11) is 1.71. The highest BCUT2D eigenvalue weighted by molar-refractivity contribution is 5.61. The first-order valence-electron chi connectivity index (χ1n) is 8.10. The molecule has 21 heavy (non-hydrogen) atoms. The van der Waals surface area contributed by atoms with Gasteiger partial charge < -0.3 is 9.47 Å². The zero-order valence-corrected chi connectivity index (χ0v) is 14.2. The summed E-state index contributed by atoms with van der Waals surface area (Å²) in [6, 6.07) is 4.14. The molecule has 1 aromatic rings. The number of hydrogen-bond donors (Lipinski definition) is 0. The van der Waals surface area contributed by atoms with E-state index in [1.54, 1.807) is 7.11 Å². The SMILES string of the molecule is CC=Cc1cc(OC)c(C)cc1OCC(CC)CCCC. The van der Waals surface area contributed by atoms with E-state index in [0.29, 0.717) is 5.92 Å². The van der Waals surface area contributed by atoms with Gasteiger partial charge in [0, 0.05) is 5.56 Å². The predicted molar refractivity (Wildman–Crippen MR) is 91.2 cm³/mol. The van der Waals surface area contributed by atoms with Gasteiger partial charge in [-0.3, -0.25) is 0 Å². The summed E-state index contributed by atoms with van der Waals surface area (Å²) in [6.07, 6.45) is 9.07.